The minimum absolute atomic E-state index is 0.0190. The molecule has 12 nitrogen and oxygen atoms in total. The van der Waals surface area contributed by atoms with Crippen molar-refractivity contribution in [3.63, 3.8) is 0 Å². The van der Waals surface area contributed by atoms with E-state index in [-0.39, 0.29) is 25.4 Å². The lowest BCUT2D eigenvalue weighted by molar-refractivity contribution is -0.187. The average molecular weight is 860 g/mol. The van der Waals surface area contributed by atoms with E-state index in [1.54, 1.807) is 0 Å². The number of nitrogens with two attached hydrogens (primary N) is 1. The SMILES string of the molecule is N[C@@]1(c2cccc(F)c2F)CO[C@H](COC(c2ccccc2)(c2ccccc2)c2ccccc2)[C@H]1CO.O=C(O)[C@@](O)(C(=O)c1ccccc1)[C@@](O)(C(=O)O)C(=O)c1ccccc1. The van der Waals surface area contributed by atoms with Crippen LogP contribution in [0.3, 0.4) is 0 Å². The lowest BCUT2D eigenvalue weighted by Gasteiger charge is -2.37. The standard InChI is InChI=1S/C31H29F2NO3.C18H14O8/c32-27-18-10-17-25(29(27)33)30(34)21-36-28(26(30)19-35)20-37-31(22-11-4-1-5-12-22,23-13-6-2-7-14-23)24-15-8-3-9-16-24;19-13(11-7-3-1-4-8-11)17(25,15(21)22)18(26,16(23)24)14(20)12-9-5-2-6-10-12/h1-18,26,28,35H,19-21,34H2;1-10,25-26H,(H,21,22)(H,23,24)/t26-,28-,30-;17-,18-/m10/s1. The van der Waals surface area contributed by atoms with Crippen molar-refractivity contribution in [3.05, 3.63) is 215 Å². The topological polar surface area (TPSA) is 214 Å². The third kappa shape index (κ3) is 8.43. The van der Waals surface area contributed by atoms with Crippen LogP contribution in [0.2, 0.25) is 0 Å². The van der Waals surface area contributed by atoms with Gasteiger partial charge in [0.1, 0.15) is 5.60 Å². The predicted octanol–water partition coefficient (Wildman–Crippen LogP) is 5.52. The van der Waals surface area contributed by atoms with Crippen molar-refractivity contribution in [2.75, 3.05) is 19.8 Å². The zero-order valence-corrected chi connectivity index (χ0v) is 33.5. The van der Waals surface area contributed by atoms with E-state index in [9.17, 15) is 53.5 Å². The zero-order chi connectivity index (χ0) is 45.4. The molecule has 0 radical (unpaired) electrons. The molecule has 1 heterocycles. The van der Waals surface area contributed by atoms with Crippen LogP contribution in [0.5, 0.6) is 0 Å². The Morgan fingerprint density at radius 3 is 1.37 bits per heavy atom. The molecule has 6 aromatic rings. The Hall–Kier alpha value is -6.78. The van der Waals surface area contributed by atoms with Gasteiger partial charge in [-0.05, 0) is 22.8 Å². The molecular weight excluding hydrogens is 817 g/mol. The maximum atomic E-state index is 14.8. The van der Waals surface area contributed by atoms with E-state index < -0.39 is 80.6 Å². The molecule has 0 amide bonds. The first-order chi connectivity index (χ1) is 30.2. The number of benzene rings is 6. The fourth-order valence-electron chi connectivity index (χ4n) is 7.79. The molecule has 1 saturated heterocycles. The average Bonchev–Trinajstić information content (AvgIpc) is 3.65. The van der Waals surface area contributed by atoms with Gasteiger partial charge in [0.2, 0.25) is 11.6 Å². The van der Waals surface area contributed by atoms with Crippen molar-refractivity contribution in [3.8, 4) is 0 Å². The molecule has 14 heteroatoms. The van der Waals surface area contributed by atoms with Crippen molar-refractivity contribution >= 4 is 23.5 Å². The minimum Gasteiger partial charge on any atom is -0.479 e. The summed E-state index contributed by atoms with van der Waals surface area (Å²) in [5, 5.41) is 50.2. The number of rotatable bonds is 15. The number of aliphatic hydroxyl groups excluding tert-OH is 1. The molecule has 0 unspecified atom stereocenters. The molecule has 7 N–H and O–H groups in total. The summed E-state index contributed by atoms with van der Waals surface area (Å²) in [4.78, 5) is 48.5. The lowest BCUT2D eigenvalue weighted by Crippen LogP contribution is -2.71. The number of Topliss-reactive ketones (excluding diaryl/α,β-unsaturated/α-hetero) is 2. The van der Waals surface area contributed by atoms with Crippen LogP contribution in [0.4, 0.5) is 8.78 Å². The van der Waals surface area contributed by atoms with E-state index in [1.807, 2.05) is 91.0 Å². The molecule has 0 bridgehead atoms. The number of aliphatic carboxylic acids is 2. The fraction of sp³-hybridized carbons (Fsp3) is 0.184. The number of carbonyl (C=O) groups excluding carboxylic acids is 2. The van der Waals surface area contributed by atoms with Gasteiger partial charge in [-0.3, -0.25) is 9.59 Å². The van der Waals surface area contributed by atoms with Crippen LogP contribution in [0.1, 0.15) is 43.0 Å². The first kappa shape index (κ1) is 45.7. The summed E-state index contributed by atoms with van der Waals surface area (Å²) in [7, 11) is 0. The van der Waals surface area contributed by atoms with Gasteiger partial charge in [0.05, 0.1) is 31.5 Å². The normalized spacial score (nSPS) is 19.1. The number of carbonyl (C=O) groups is 4. The van der Waals surface area contributed by atoms with E-state index in [1.165, 1.54) is 48.5 Å². The Morgan fingerprint density at radius 2 is 1.00 bits per heavy atom. The predicted molar refractivity (Wildman–Crippen MR) is 224 cm³/mol. The molecule has 1 aliphatic heterocycles. The van der Waals surface area contributed by atoms with Gasteiger partial charge >= 0.3 is 11.9 Å². The van der Waals surface area contributed by atoms with Gasteiger partial charge in [0, 0.05) is 22.6 Å². The molecule has 1 aliphatic rings. The number of carboxylic acid groups (broad SMARTS) is 2. The minimum atomic E-state index is -3.95. The molecular formula is C49H43F2NO11. The number of aliphatic hydroxyl groups is 3. The van der Waals surface area contributed by atoms with Crippen molar-refractivity contribution in [1.29, 1.82) is 0 Å². The summed E-state index contributed by atoms with van der Waals surface area (Å²) in [6.45, 7) is -0.406. The van der Waals surface area contributed by atoms with E-state index >= 15 is 0 Å². The summed E-state index contributed by atoms with van der Waals surface area (Å²) >= 11 is 0. The monoisotopic (exact) mass is 859 g/mol. The van der Waals surface area contributed by atoms with E-state index in [0.29, 0.717) is 0 Å². The van der Waals surface area contributed by atoms with Gasteiger partial charge in [-0.2, -0.15) is 0 Å². The second-order valence-electron chi connectivity index (χ2n) is 14.8. The molecule has 0 aliphatic carbocycles. The number of halogens is 2. The van der Waals surface area contributed by atoms with Crippen LogP contribution in [0.15, 0.2) is 170 Å². The molecule has 1 fully saturated rings. The van der Waals surface area contributed by atoms with Crippen molar-refractivity contribution < 1.29 is 63.0 Å². The van der Waals surface area contributed by atoms with Crippen LogP contribution in [-0.4, -0.2) is 86.2 Å². The number of hydrogen-bond donors (Lipinski definition) is 6. The molecule has 63 heavy (non-hydrogen) atoms. The maximum absolute atomic E-state index is 14.8. The van der Waals surface area contributed by atoms with Crippen LogP contribution in [0.25, 0.3) is 0 Å². The van der Waals surface area contributed by atoms with Gasteiger partial charge in [0.25, 0.3) is 11.2 Å². The van der Waals surface area contributed by atoms with Gasteiger partial charge in [-0.25, -0.2) is 18.4 Å². The molecule has 324 valence electrons. The van der Waals surface area contributed by atoms with Gasteiger partial charge < -0.3 is 40.7 Å². The second-order valence-corrected chi connectivity index (χ2v) is 14.8. The molecule has 0 spiro atoms. The van der Waals surface area contributed by atoms with Crippen LogP contribution in [0, 0.1) is 17.6 Å². The van der Waals surface area contributed by atoms with Crippen LogP contribution < -0.4 is 5.73 Å². The highest BCUT2D eigenvalue weighted by Crippen LogP contribution is 2.44. The molecule has 6 aromatic carbocycles. The van der Waals surface area contributed by atoms with E-state index in [4.69, 9.17) is 15.2 Å². The summed E-state index contributed by atoms with van der Waals surface area (Å²) in [6.07, 6.45) is -0.659. The third-order valence-corrected chi connectivity index (χ3v) is 11.2. The van der Waals surface area contributed by atoms with Gasteiger partial charge in [0.15, 0.2) is 11.6 Å². The summed E-state index contributed by atoms with van der Waals surface area (Å²) in [5.74, 6) is -10.8. The molecule has 0 saturated carbocycles. The summed E-state index contributed by atoms with van der Waals surface area (Å²) in [5.41, 5.74) is -1.73. The Balaban J connectivity index is 0.000000224. The number of hydrogen-bond acceptors (Lipinski definition) is 10. The van der Waals surface area contributed by atoms with Gasteiger partial charge in [-0.1, -0.05) is 164 Å². The summed E-state index contributed by atoms with van der Waals surface area (Å²) in [6, 6.07) is 46.4. The van der Waals surface area contributed by atoms with Crippen molar-refractivity contribution in [2.45, 2.75) is 28.4 Å². The Labute approximate surface area is 360 Å². The maximum Gasteiger partial charge on any atom is 0.348 e. The smallest absolute Gasteiger partial charge is 0.348 e. The van der Waals surface area contributed by atoms with Gasteiger partial charge in [-0.15, -0.1) is 0 Å². The Morgan fingerprint density at radius 1 is 0.619 bits per heavy atom. The highest BCUT2D eigenvalue weighted by molar-refractivity contribution is 6.28. The lowest BCUT2D eigenvalue weighted by atomic mass is 9.73. The molecule has 0 aromatic heterocycles. The summed E-state index contributed by atoms with van der Waals surface area (Å²) < 4.78 is 41.6. The van der Waals surface area contributed by atoms with Crippen LogP contribution >= 0.6 is 0 Å². The first-order valence-electron chi connectivity index (χ1n) is 19.6. The van der Waals surface area contributed by atoms with E-state index in [0.717, 1.165) is 47.0 Å². The first-order valence-corrected chi connectivity index (χ1v) is 19.6. The highest BCUT2D eigenvalue weighted by atomic mass is 19.2. The molecule has 7 rings (SSSR count). The Bertz CT molecular complexity index is 2360. The zero-order valence-electron chi connectivity index (χ0n) is 33.5. The quantitative estimate of drug-likeness (QED) is 0.0428. The van der Waals surface area contributed by atoms with Crippen LogP contribution in [-0.2, 0) is 30.2 Å². The number of ketones is 2. The number of carboxylic acids is 2. The fourth-order valence-corrected chi connectivity index (χ4v) is 7.79. The Kier molecular flexibility index (Phi) is 13.9. The largest absolute Gasteiger partial charge is 0.479 e. The van der Waals surface area contributed by atoms with Crippen molar-refractivity contribution in [1.82, 2.24) is 0 Å². The van der Waals surface area contributed by atoms with Crippen molar-refractivity contribution in [2.24, 2.45) is 11.7 Å². The number of ether oxygens (including phenoxy) is 2. The highest BCUT2D eigenvalue weighted by Gasteiger charge is 2.70. The molecule has 5 atom stereocenters. The third-order valence-electron chi connectivity index (χ3n) is 11.2. The second kappa shape index (κ2) is 19.1. The van der Waals surface area contributed by atoms with E-state index in [2.05, 4.69) is 0 Å².